The van der Waals surface area contributed by atoms with Crippen LogP contribution in [0.4, 0.5) is 0 Å². The highest BCUT2D eigenvalue weighted by Crippen LogP contribution is 2.37. The minimum atomic E-state index is -4.44. The van der Waals surface area contributed by atoms with Crippen molar-refractivity contribution in [2.24, 2.45) is 5.92 Å². The third-order valence-corrected chi connectivity index (χ3v) is 2.30. The van der Waals surface area contributed by atoms with Gasteiger partial charge in [0.05, 0.1) is 6.16 Å². The number of Topliss-reactive ketones (excluding diaryl/α,β-unsaturated/α-hetero) is 1. The highest BCUT2D eigenvalue weighted by atomic mass is 31.2. The lowest BCUT2D eigenvalue weighted by atomic mass is 10.1. The minimum absolute atomic E-state index is 0.0447. The summed E-state index contributed by atoms with van der Waals surface area (Å²) < 4.78 is 10.4. The summed E-state index contributed by atoms with van der Waals surface area (Å²) in [7, 11) is -4.44. The van der Waals surface area contributed by atoms with Crippen molar-refractivity contribution in [1.29, 1.82) is 0 Å². The van der Waals surface area contributed by atoms with Crippen LogP contribution in [0, 0.1) is 5.92 Å². The van der Waals surface area contributed by atoms with Crippen molar-refractivity contribution < 1.29 is 29.0 Å². The summed E-state index contributed by atoms with van der Waals surface area (Å²) in [4.78, 5) is 38.3. The monoisotopic (exact) mass is 210 g/mol. The predicted octanol–water partition coefficient (Wildman–Crippen LogP) is -0.156. The topological polar surface area (TPSA) is 112 Å². The molecule has 1 unspecified atom stereocenters. The van der Waals surface area contributed by atoms with E-state index in [-0.39, 0.29) is 6.42 Å². The van der Waals surface area contributed by atoms with Crippen LogP contribution >= 0.6 is 7.60 Å². The second-order valence-corrected chi connectivity index (χ2v) is 4.25. The van der Waals surface area contributed by atoms with Crippen LogP contribution in [-0.4, -0.2) is 32.8 Å². The molecule has 0 saturated heterocycles. The van der Waals surface area contributed by atoms with E-state index in [9.17, 15) is 14.2 Å². The van der Waals surface area contributed by atoms with E-state index in [4.69, 9.17) is 14.9 Å². The van der Waals surface area contributed by atoms with Crippen molar-refractivity contribution in [1.82, 2.24) is 0 Å². The van der Waals surface area contributed by atoms with Gasteiger partial charge in [-0.15, -0.1) is 0 Å². The summed E-state index contributed by atoms with van der Waals surface area (Å²) in [6, 6.07) is 0. The molecule has 0 saturated carbocycles. The van der Waals surface area contributed by atoms with Crippen molar-refractivity contribution in [2.45, 2.75) is 13.3 Å². The summed E-state index contributed by atoms with van der Waals surface area (Å²) in [5.74, 6) is -3.75. The molecule has 0 aromatic carbocycles. The van der Waals surface area contributed by atoms with E-state index in [1.165, 1.54) is 6.92 Å². The molecular weight excluding hydrogens is 199 g/mol. The fourth-order valence-electron chi connectivity index (χ4n) is 0.802. The van der Waals surface area contributed by atoms with Crippen LogP contribution in [-0.2, 0) is 14.2 Å². The van der Waals surface area contributed by atoms with Crippen molar-refractivity contribution in [3.8, 4) is 0 Å². The Morgan fingerprint density at radius 3 is 2.08 bits per heavy atom. The van der Waals surface area contributed by atoms with Gasteiger partial charge in [-0.2, -0.15) is 0 Å². The molecule has 13 heavy (non-hydrogen) atoms. The molecule has 0 spiro atoms. The Labute approximate surface area is 74.7 Å². The van der Waals surface area contributed by atoms with Crippen LogP contribution in [0.2, 0.25) is 0 Å². The number of carbonyl (C=O) groups excluding carboxylic acids is 1. The standard InChI is InChI=1S/C6H11O6P/c1-2-5(7)4(6(8)9)3-13(10,11)12/h4H,2-3H2,1H3,(H,8,9)(H2,10,11,12). The zero-order chi connectivity index (χ0) is 10.6. The number of carboxylic acid groups (broad SMARTS) is 1. The molecule has 3 N–H and O–H groups in total. The third kappa shape index (κ3) is 4.77. The average molecular weight is 210 g/mol. The third-order valence-electron chi connectivity index (χ3n) is 1.46. The normalized spacial score (nSPS) is 13.8. The predicted molar refractivity (Wildman–Crippen MR) is 43.3 cm³/mol. The summed E-state index contributed by atoms with van der Waals surface area (Å²) in [5, 5.41) is 8.47. The van der Waals surface area contributed by atoms with E-state index in [0.717, 1.165) is 0 Å². The summed E-state index contributed by atoms with van der Waals surface area (Å²) in [5.41, 5.74) is 0. The lowest BCUT2D eigenvalue weighted by molar-refractivity contribution is -0.145. The van der Waals surface area contributed by atoms with Gasteiger partial charge in [-0.3, -0.25) is 14.2 Å². The zero-order valence-electron chi connectivity index (χ0n) is 7.01. The highest BCUT2D eigenvalue weighted by Gasteiger charge is 2.31. The average Bonchev–Trinajstić information content (AvgIpc) is 1.96. The van der Waals surface area contributed by atoms with Gasteiger partial charge in [0.15, 0.2) is 0 Å². The zero-order valence-corrected chi connectivity index (χ0v) is 7.90. The molecule has 0 rings (SSSR count). The van der Waals surface area contributed by atoms with Crippen molar-refractivity contribution in [2.75, 3.05) is 6.16 Å². The first kappa shape index (κ1) is 12.3. The Hall–Kier alpha value is -0.710. The van der Waals surface area contributed by atoms with Gasteiger partial charge in [0, 0.05) is 6.42 Å². The van der Waals surface area contributed by atoms with E-state index in [1.54, 1.807) is 0 Å². The molecule has 0 aromatic heterocycles. The quantitative estimate of drug-likeness (QED) is 0.429. The number of rotatable bonds is 5. The Morgan fingerprint density at radius 2 is 1.85 bits per heavy atom. The van der Waals surface area contributed by atoms with Crippen molar-refractivity contribution in [3.63, 3.8) is 0 Å². The smallest absolute Gasteiger partial charge is 0.326 e. The van der Waals surface area contributed by atoms with E-state index in [2.05, 4.69) is 0 Å². The van der Waals surface area contributed by atoms with Gasteiger partial charge >= 0.3 is 13.6 Å². The SMILES string of the molecule is CCC(=O)C(CP(=O)(O)O)C(=O)O. The van der Waals surface area contributed by atoms with E-state index in [0.29, 0.717) is 0 Å². The number of aliphatic carboxylic acids is 1. The molecule has 6 nitrogen and oxygen atoms in total. The van der Waals surface area contributed by atoms with Crippen molar-refractivity contribution >= 4 is 19.3 Å². The molecule has 0 bridgehead atoms. The number of hydrogen-bond acceptors (Lipinski definition) is 3. The fraction of sp³-hybridized carbons (Fsp3) is 0.667. The molecule has 0 amide bonds. The number of carboxylic acids is 1. The maximum atomic E-state index is 10.9. The van der Waals surface area contributed by atoms with Gasteiger partial charge in [0.1, 0.15) is 11.7 Å². The first-order chi connectivity index (χ1) is 5.78. The number of ketones is 1. The van der Waals surface area contributed by atoms with Crippen LogP contribution in [0.25, 0.3) is 0 Å². The molecule has 0 aliphatic heterocycles. The molecule has 0 fully saturated rings. The summed E-state index contributed by atoms with van der Waals surface area (Å²) in [6.07, 6.45) is -0.966. The number of carbonyl (C=O) groups is 2. The first-order valence-electron chi connectivity index (χ1n) is 3.58. The van der Waals surface area contributed by atoms with Gasteiger partial charge < -0.3 is 14.9 Å². The molecule has 76 valence electrons. The Kier molecular flexibility index (Phi) is 4.26. The maximum Gasteiger partial charge on any atom is 0.326 e. The molecule has 7 heteroatoms. The lowest BCUT2D eigenvalue weighted by Crippen LogP contribution is -2.26. The second kappa shape index (κ2) is 4.50. The Bertz CT molecular complexity index is 254. The Balaban J connectivity index is 4.55. The van der Waals surface area contributed by atoms with Crippen molar-refractivity contribution in [3.05, 3.63) is 0 Å². The summed E-state index contributed by atoms with van der Waals surface area (Å²) >= 11 is 0. The van der Waals surface area contributed by atoms with E-state index >= 15 is 0 Å². The largest absolute Gasteiger partial charge is 0.481 e. The highest BCUT2D eigenvalue weighted by molar-refractivity contribution is 7.51. The van der Waals surface area contributed by atoms with E-state index < -0.39 is 31.4 Å². The number of hydrogen-bond donors (Lipinski definition) is 3. The summed E-state index contributed by atoms with van der Waals surface area (Å²) in [6.45, 7) is 1.44. The van der Waals surface area contributed by atoms with E-state index in [1.807, 2.05) is 0 Å². The lowest BCUT2D eigenvalue weighted by Gasteiger charge is -2.10. The molecule has 0 aliphatic rings. The van der Waals surface area contributed by atoms with Gasteiger partial charge in [-0.25, -0.2) is 0 Å². The molecule has 0 radical (unpaired) electrons. The van der Waals surface area contributed by atoms with Crippen LogP contribution in [0.5, 0.6) is 0 Å². The molecule has 1 atom stereocenters. The van der Waals surface area contributed by atoms with Gasteiger partial charge in [-0.1, -0.05) is 6.92 Å². The van der Waals surface area contributed by atoms with Crippen LogP contribution in [0.3, 0.4) is 0 Å². The van der Waals surface area contributed by atoms with Gasteiger partial charge in [0.2, 0.25) is 0 Å². The maximum absolute atomic E-state index is 10.9. The molecule has 0 aromatic rings. The molecule has 0 aliphatic carbocycles. The Morgan fingerprint density at radius 1 is 1.38 bits per heavy atom. The van der Waals surface area contributed by atoms with Crippen LogP contribution < -0.4 is 0 Å². The second-order valence-electron chi connectivity index (χ2n) is 2.56. The molecular formula is C6H11O6P. The van der Waals surface area contributed by atoms with Crippen LogP contribution in [0.1, 0.15) is 13.3 Å². The minimum Gasteiger partial charge on any atom is -0.481 e. The van der Waals surface area contributed by atoms with Gasteiger partial charge in [0.25, 0.3) is 0 Å². The fourth-order valence-corrected chi connectivity index (χ4v) is 1.64. The first-order valence-corrected chi connectivity index (χ1v) is 5.37. The molecule has 0 heterocycles. The van der Waals surface area contributed by atoms with Crippen LogP contribution in [0.15, 0.2) is 0 Å². The van der Waals surface area contributed by atoms with Gasteiger partial charge in [-0.05, 0) is 0 Å².